The van der Waals surface area contributed by atoms with Crippen molar-refractivity contribution in [2.45, 2.75) is 44.6 Å². The van der Waals surface area contributed by atoms with Crippen LogP contribution in [0.25, 0.3) is 0 Å². The molecule has 98 valence electrons. The number of nitro benzene ring substituents is 1. The van der Waals surface area contributed by atoms with E-state index in [2.05, 4.69) is 12.2 Å². The zero-order valence-electron chi connectivity index (χ0n) is 10.8. The van der Waals surface area contributed by atoms with Crippen LogP contribution in [0.4, 0.5) is 5.69 Å². The van der Waals surface area contributed by atoms with Gasteiger partial charge in [0.05, 0.1) is 4.92 Å². The molecule has 0 aromatic heterocycles. The smallest absolute Gasteiger partial charge is 0.269 e. The van der Waals surface area contributed by atoms with Gasteiger partial charge in [-0.2, -0.15) is 0 Å². The molecule has 0 spiro atoms. The van der Waals surface area contributed by atoms with E-state index in [-0.39, 0.29) is 10.6 Å². The van der Waals surface area contributed by atoms with Crippen LogP contribution in [0.2, 0.25) is 0 Å². The summed E-state index contributed by atoms with van der Waals surface area (Å²) in [5, 5.41) is 14.1. The van der Waals surface area contributed by atoms with Crippen LogP contribution in [0.1, 0.15) is 38.2 Å². The summed E-state index contributed by atoms with van der Waals surface area (Å²) in [6.07, 6.45) is 6.08. The van der Waals surface area contributed by atoms with Gasteiger partial charge in [-0.3, -0.25) is 10.1 Å². The average molecular weight is 248 g/mol. The molecular formula is C14H20N2O2. The lowest BCUT2D eigenvalue weighted by Crippen LogP contribution is -2.40. The standard InChI is InChI=1S/C14H20N2O2/c1-14(9-2-3-10-14)15-11-8-12-4-6-13(7-5-12)16(17)18/h4-7,15H,2-3,8-11H2,1H3. The molecule has 18 heavy (non-hydrogen) atoms. The molecule has 1 aliphatic carbocycles. The lowest BCUT2D eigenvalue weighted by atomic mass is 10.0. The largest absolute Gasteiger partial charge is 0.311 e. The zero-order valence-corrected chi connectivity index (χ0v) is 10.8. The SMILES string of the molecule is CC1(NCCc2ccc([N+](=O)[O-])cc2)CCCC1. The molecule has 0 heterocycles. The van der Waals surface area contributed by atoms with Crippen LogP contribution in [-0.4, -0.2) is 17.0 Å². The molecule has 1 aromatic rings. The first kappa shape index (κ1) is 13.0. The fourth-order valence-electron chi connectivity index (χ4n) is 2.63. The molecule has 4 heteroatoms. The highest BCUT2D eigenvalue weighted by Crippen LogP contribution is 2.28. The lowest BCUT2D eigenvalue weighted by Gasteiger charge is -2.25. The third-order valence-electron chi connectivity index (χ3n) is 3.82. The fraction of sp³-hybridized carbons (Fsp3) is 0.571. The summed E-state index contributed by atoms with van der Waals surface area (Å²) in [6.45, 7) is 3.23. The van der Waals surface area contributed by atoms with E-state index < -0.39 is 0 Å². The number of nitrogens with one attached hydrogen (secondary N) is 1. The highest BCUT2D eigenvalue weighted by Gasteiger charge is 2.27. The second-order valence-corrected chi connectivity index (χ2v) is 5.37. The molecule has 1 fully saturated rings. The minimum absolute atomic E-state index is 0.162. The van der Waals surface area contributed by atoms with Gasteiger partial charge in [-0.25, -0.2) is 0 Å². The highest BCUT2D eigenvalue weighted by atomic mass is 16.6. The fourth-order valence-corrected chi connectivity index (χ4v) is 2.63. The number of hydrogen-bond donors (Lipinski definition) is 1. The van der Waals surface area contributed by atoms with Gasteiger partial charge in [-0.15, -0.1) is 0 Å². The highest BCUT2D eigenvalue weighted by molar-refractivity contribution is 5.32. The van der Waals surface area contributed by atoms with Gasteiger partial charge in [0.2, 0.25) is 0 Å². The van der Waals surface area contributed by atoms with E-state index in [9.17, 15) is 10.1 Å². The monoisotopic (exact) mass is 248 g/mol. The topological polar surface area (TPSA) is 55.2 Å². The van der Waals surface area contributed by atoms with Crippen molar-refractivity contribution < 1.29 is 4.92 Å². The van der Waals surface area contributed by atoms with Crippen LogP contribution in [-0.2, 0) is 6.42 Å². The minimum Gasteiger partial charge on any atom is -0.311 e. The summed E-state index contributed by atoms with van der Waals surface area (Å²) in [5.41, 5.74) is 1.62. The van der Waals surface area contributed by atoms with Crippen LogP contribution in [0.15, 0.2) is 24.3 Å². The van der Waals surface area contributed by atoms with Gasteiger partial charge in [-0.1, -0.05) is 25.0 Å². The number of nitro groups is 1. The Morgan fingerprint density at radius 1 is 1.28 bits per heavy atom. The Kier molecular flexibility index (Phi) is 3.97. The Labute approximate surface area is 108 Å². The van der Waals surface area contributed by atoms with Crippen LogP contribution in [0, 0.1) is 10.1 Å². The Hall–Kier alpha value is -1.42. The van der Waals surface area contributed by atoms with Gasteiger partial charge < -0.3 is 5.32 Å². The molecule has 2 rings (SSSR count). The molecule has 1 saturated carbocycles. The normalized spacial score (nSPS) is 17.8. The molecule has 1 aliphatic rings. The number of non-ortho nitro benzene ring substituents is 1. The quantitative estimate of drug-likeness (QED) is 0.643. The van der Waals surface area contributed by atoms with Gasteiger partial charge in [0, 0.05) is 17.7 Å². The third-order valence-corrected chi connectivity index (χ3v) is 3.82. The van der Waals surface area contributed by atoms with Gasteiger partial charge in [0.1, 0.15) is 0 Å². The van der Waals surface area contributed by atoms with E-state index >= 15 is 0 Å². The zero-order chi connectivity index (χ0) is 13.0. The number of hydrogen-bond acceptors (Lipinski definition) is 3. The lowest BCUT2D eigenvalue weighted by molar-refractivity contribution is -0.384. The summed E-state index contributed by atoms with van der Waals surface area (Å²) in [4.78, 5) is 10.2. The van der Waals surface area contributed by atoms with Crippen LogP contribution < -0.4 is 5.32 Å². The molecule has 0 bridgehead atoms. The van der Waals surface area contributed by atoms with Crippen molar-refractivity contribution in [3.05, 3.63) is 39.9 Å². The predicted molar refractivity (Wildman–Crippen MR) is 71.7 cm³/mol. The molecule has 0 unspecified atom stereocenters. The molecule has 0 aliphatic heterocycles. The molecular weight excluding hydrogens is 228 g/mol. The maximum atomic E-state index is 10.5. The van der Waals surface area contributed by atoms with Crippen molar-refractivity contribution in [3.8, 4) is 0 Å². The maximum Gasteiger partial charge on any atom is 0.269 e. The van der Waals surface area contributed by atoms with Crippen LogP contribution in [0.5, 0.6) is 0 Å². The molecule has 4 nitrogen and oxygen atoms in total. The first-order valence-electron chi connectivity index (χ1n) is 6.57. The summed E-state index contributed by atoms with van der Waals surface area (Å²) >= 11 is 0. The van der Waals surface area contributed by atoms with Crippen molar-refractivity contribution in [2.24, 2.45) is 0 Å². The number of benzene rings is 1. The molecule has 0 saturated heterocycles. The van der Waals surface area contributed by atoms with Crippen LogP contribution in [0.3, 0.4) is 0 Å². The molecule has 1 aromatic carbocycles. The molecule has 1 N–H and O–H groups in total. The summed E-state index contributed by atoms with van der Waals surface area (Å²) in [7, 11) is 0. The van der Waals surface area contributed by atoms with Crippen molar-refractivity contribution in [1.29, 1.82) is 0 Å². The van der Waals surface area contributed by atoms with Crippen molar-refractivity contribution >= 4 is 5.69 Å². The van der Waals surface area contributed by atoms with E-state index in [1.165, 1.54) is 25.7 Å². The molecule has 0 radical (unpaired) electrons. The van der Waals surface area contributed by atoms with Crippen LogP contribution >= 0.6 is 0 Å². The minimum atomic E-state index is -0.360. The van der Waals surface area contributed by atoms with E-state index in [4.69, 9.17) is 0 Å². The maximum absolute atomic E-state index is 10.5. The Balaban J connectivity index is 1.81. The van der Waals surface area contributed by atoms with Gasteiger partial charge in [0.25, 0.3) is 5.69 Å². The van der Waals surface area contributed by atoms with Crippen molar-refractivity contribution in [2.75, 3.05) is 6.54 Å². The predicted octanol–water partition coefficient (Wildman–Crippen LogP) is 3.06. The first-order chi connectivity index (χ1) is 8.59. The Bertz CT molecular complexity index is 408. The second kappa shape index (κ2) is 5.48. The van der Waals surface area contributed by atoms with E-state index in [0.717, 1.165) is 18.5 Å². The number of rotatable bonds is 5. The number of nitrogens with zero attached hydrogens (tertiary/aromatic N) is 1. The summed E-state index contributed by atoms with van der Waals surface area (Å²) in [6, 6.07) is 6.84. The van der Waals surface area contributed by atoms with Crippen molar-refractivity contribution in [1.82, 2.24) is 5.32 Å². The third kappa shape index (κ3) is 3.29. The van der Waals surface area contributed by atoms with Gasteiger partial charge >= 0.3 is 0 Å². The second-order valence-electron chi connectivity index (χ2n) is 5.37. The van der Waals surface area contributed by atoms with E-state index in [1.807, 2.05) is 12.1 Å². The summed E-state index contributed by atoms with van der Waals surface area (Å²) in [5.74, 6) is 0. The Morgan fingerprint density at radius 2 is 1.89 bits per heavy atom. The van der Waals surface area contributed by atoms with E-state index in [0.29, 0.717) is 5.54 Å². The molecule has 0 atom stereocenters. The average Bonchev–Trinajstić information content (AvgIpc) is 2.77. The van der Waals surface area contributed by atoms with Gasteiger partial charge in [0.15, 0.2) is 0 Å². The Morgan fingerprint density at radius 3 is 2.44 bits per heavy atom. The van der Waals surface area contributed by atoms with Gasteiger partial charge in [-0.05, 0) is 38.3 Å². The van der Waals surface area contributed by atoms with E-state index in [1.54, 1.807) is 12.1 Å². The summed E-state index contributed by atoms with van der Waals surface area (Å²) < 4.78 is 0. The van der Waals surface area contributed by atoms with Crippen molar-refractivity contribution in [3.63, 3.8) is 0 Å². The first-order valence-corrected chi connectivity index (χ1v) is 6.57. The molecule has 0 amide bonds.